The molecule has 1 N–H and O–H groups in total. The molecule has 0 saturated carbocycles. The van der Waals surface area contributed by atoms with E-state index in [0.29, 0.717) is 6.10 Å². The van der Waals surface area contributed by atoms with Crippen LogP contribution in [-0.4, -0.2) is 29.1 Å². The third-order valence-electron chi connectivity index (χ3n) is 4.45. The number of hydrogen-bond acceptors (Lipinski definition) is 3. The molecule has 0 aromatic rings. The molecule has 1 aliphatic rings. The van der Waals surface area contributed by atoms with E-state index < -0.39 is 6.10 Å². The normalized spacial score (nSPS) is 20.2. The number of rotatable bonds is 7. The summed E-state index contributed by atoms with van der Waals surface area (Å²) in [6.07, 6.45) is 16.1. The maximum absolute atomic E-state index is 10.1. The molecule has 1 aliphatic heterocycles. The second kappa shape index (κ2) is 19.0. The van der Waals surface area contributed by atoms with Gasteiger partial charge in [0.15, 0.2) is 0 Å². The van der Waals surface area contributed by atoms with E-state index in [9.17, 15) is 5.11 Å². The number of aliphatic imine (C=N–C) groups is 1. The standard InChI is InChI=1S/C13H22O2.C11H17N.C3H6/c1-4-6-7-11(5-2)13(14)12-9-8-10(3)15-12;1-6-8-11(9(3)4)10(5)12-7-2;1-3-2/h4,6-7,10,12-14H,5,8-9H2,1-3H3;6-8H,2H2,1,3-5H3;3H,1H2,2H3/b6-4-,11-7+;8-6-,12-10?;. The minimum absolute atomic E-state index is 0.00328. The van der Waals surface area contributed by atoms with Crippen molar-refractivity contribution in [2.24, 2.45) is 4.99 Å². The van der Waals surface area contributed by atoms with Crippen LogP contribution in [0.4, 0.5) is 0 Å². The Morgan fingerprint density at radius 1 is 1.13 bits per heavy atom. The lowest BCUT2D eigenvalue weighted by Crippen LogP contribution is -2.27. The first kappa shape index (κ1) is 30.2. The summed E-state index contributed by atoms with van der Waals surface area (Å²) < 4.78 is 5.67. The summed E-state index contributed by atoms with van der Waals surface area (Å²) in [4.78, 5) is 4.14. The van der Waals surface area contributed by atoms with Gasteiger partial charge >= 0.3 is 0 Å². The fourth-order valence-corrected chi connectivity index (χ4v) is 2.97. The number of allylic oxidation sites excluding steroid dienone is 8. The molecule has 3 unspecified atom stereocenters. The van der Waals surface area contributed by atoms with Crippen molar-refractivity contribution < 1.29 is 9.84 Å². The van der Waals surface area contributed by atoms with Crippen LogP contribution in [0.3, 0.4) is 0 Å². The van der Waals surface area contributed by atoms with Gasteiger partial charge in [-0.1, -0.05) is 55.5 Å². The molecule has 0 spiro atoms. The highest BCUT2D eigenvalue weighted by Crippen LogP contribution is 2.26. The molecule has 1 rings (SSSR count). The smallest absolute Gasteiger partial charge is 0.101 e. The van der Waals surface area contributed by atoms with E-state index in [1.165, 1.54) is 11.1 Å². The Hall–Kier alpha value is -1.97. The van der Waals surface area contributed by atoms with Gasteiger partial charge in [-0.15, -0.1) is 6.58 Å². The number of nitrogens with zero attached hydrogens (tertiary/aromatic N) is 1. The Bertz CT molecular complexity index is 631. The third-order valence-corrected chi connectivity index (χ3v) is 4.45. The number of aliphatic hydroxyl groups is 1. The highest BCUT2D eigenvalue weighted by Gasteiger charge is 2.29. The van der Waals surface area contributed by atoms with Crippen LogP contribution in [0.1, 0.15) is 74.7 Å². The maximum Gasteiger partial charge on any atom is 0.101 e. The van der Waals surface area contributed by atoms with Crippen molar-refractivity contribution in [2.75, 3.05) is 0 Å². The van der Waals surface area contributed by atoms with Gasteiger partial charge in [0.25, 0.3) is 0 Å². The van der Waals surface area contributed by atoms with E-state index in [0.717, 1.165) is 30.5 Å². The van der Waals surface area contributed by atoms with Crippen LogP contribution < -0.4 is 0 Å². The van der Waals surface area contributed by atoms with Gasteiger partial charge in [-0.3, -0.25) is 4.99 Å². The van der Waals surface area contributed by atoms with Crippen LogP contribution >= 0.6 is 0 Å². The SMILES string of the molecule is C/C=C\C=C(/CC)C(O)C1CCC(C)O1.C=CC.C=CN=C(C)C(/C=C\C)=C(C)C. The van der Waals surface area contributed by atoms with E-state index in [-0.39, 0.29) is 6.10 Å². The summed E-state index contributed by atoms with van der Waals surface area (Å²) in [5, 5.41) is 10.1. The fraction of sp³-hybridized carbons (Fsp3) is 0.519. The molecule has 3 nitrogen and oxygen atoms in total. The molecule has 3 heteroatoms. The zero-order valence-corrected chi connectivity index (χ0v) is 20.6. The maximum atomic E-state index is 10.1. The van der Waals surface area contributed by atoms with E-state index in [1.807, 2.05) is 52.0 Å². The highest BCUT2D eigenvalue weighted by atomic mass is 16.5. The van der Waals surface area contributed by atoms with Crippen LogP contribution in [-0.2, 0) is 4.74 Å². The Kier molecular flexibility index (Phi) is 19.2. The van der Waals surface area contributed by atoms with Crippen molar-refractivity contribution in [1.82, 2.24) is 0 Å². The highest BCUT2D eigenvalue weighted by molar-refractivity contribution is 6.01. The topological polar surface area (TPSA) is 41.8 Å². The minimum atomic E-state index is -0.434. The summed E-state index contributed by atoms with van der Waals surface area (Å²) in [5.74, 6) is 0. The van der Waals surface area contributed by atoms with Gasteiger partial charge < -0.3 is 9.84 Å². The van der Waals surface area contributed by atoms with E-state index >= 15 is 0 Å². The summed E-state index contributed by atoms with van der Waals surface area (Å²) in [7, 11) is 0. The molecule has 0 aromatic carbocycles. The molecule has 0 bridgehead atoms. The second-order valence-corrected chi connectivity index (χ2v) is 7.35. The molecule has 1 heterocycles. The number of ether oxygens (including phenoxy) is 1. The monoisotopic (exact) mass is 415 g/mol. The molecule has 170 valence electrons. The van der Waals surface area contributed by atoms with Crippen molar-refractivity contribution >= 4 is 5.71 Å². The van der Waals surface area contributed by atoms with Gasteiger partial charge in [0.1, 0.15) is 6.10 Å². The van der Waals surface area contributed by atoms with E-state index in [1.54, 1.807) is 12.3 Å². The Balaban J connectivity index is 0. The van der Waals surface area contributed by atoms with Gasteiger partial charge in [-0.25, -0.2) is 0 Å². The van der Waals surface area contributed by atoms with Crippen LogP contribution in [0.5, 0.6) is 0 Å². The number of hydrogen-bond donors (Lipinski definition) is 1. The molecular weight excluding hydrogens is 370 g/mol. The quantitative estimate of drug-likeness (QED) is 0.265. The van der Waals surface area contributed by atoms with Crippen LogP contribution in [0.2, 0.25) is 0 Å². The van der Waals surface area contributed by atoms with Crippen LogP contribution in [0, 0.1) is 0 Å². The van der Waals surface area contributed by atoms with Gasteiger partial charge in [-0.05, 0) is 78.9 Å². The molecule has 3 atom stereocenters. The summed E-state index contributed by atoms with van der Waals surface area (Å²) >= 11 is 0. The third kappa shape index (κ3) is 13.3. The summed E-state index contributed by atoms with van der Waals surface area (Å²) in [5.41, 5.74) is 4.55. The van der Waals surface area contributed by atoms with Gasteiger partial charge in [0.2, 0.25) is 0 Å². The predicted octanol–water partition coefficient (Wildman–Crippen LogP) is 7.52. The van der Waals surface area contributed by atoms with Gasteiger partial charge in [0.05, 0.1) is 12.2 Å². The van der Waals surface area contributed by atoms with Crippen molar-refractivity contribution in [2.45, 2.75) is 93.0 Å². The van der Waals surface area contributed by atoms with Crippen LogP contribution in [0.15, 0.2) is 77.5 Å². The average Bonchev–Trinajstić information content (AvgIpc) is 3.14. The molecule has 1 saturated heterocycles. The zero-order chi connectivity index (χ0) is 23.5. The molecule has 0 amide bonds. The molecular formula is C27H45NO2. The first-order chi connectivity index (χ1) is 14.2. The first-order valence-electron chi connectivity index (χ1n) is 10.9. The van der Waals surface area contributed by atoms with Gasteiger partial charge in [-0.2, -0.15) is 0 Å². The molecule has 0 radical (unpaired) electrons. The lowest BCUT2D eigenvalue weighted by molar-refractivity contribution is -0.0142. The Morgan fingerprint density at radius 2 is 1.73 bits per heavy atom. The summed E-state index contributed by atoms with van der Waals surface area (Å²) in [6, 6.07) is 0. The van der Waals surface area contributed by atoms with Crippen molar-refractivity contribution in [1.29, 1.82) is 0 Å². The zero-order valence-electron chi connectivity index (χ0n) is 20.6. The minimum Gasteiger partial charge on any atom is -0.386 e. The lowest BCUT2D eigenvalue weighted by Gasteiger charge is -2.20. The van der Waals surface area contributed by atoms with E-state index in [4.69, 9.17) is 4.74 Å². The second-order valence-electron chi connectivity index (χ2n) is 7.35. The Labute approximate surface area is 186 Å². The fourth-order valence-electron chi connectivity index (χ4n) is 2.97. The molecule has 0 aromatic heterocycles. The van der Waals surface area contributed by atoms with Crippen LogP contribution in [0.25, 0.3) is 0 Å². The van der Waals surface area contributed by atoms with E-state index in [2.05, 4.69) is 51.9 Å². The predicted molar refractivity (Wildman–Crippen MR) is 135 cm³/mol. The molecule has 0 aliphatic carbocycles. The first-order valence-corrected chi connectivity index (χ1v) is 10.9. The number of aliphatic hydroxyl groups excluding tert-OH is 1. The van der Waals surface area contributed by atoms with Crippen molar-refractivity contribution in [3.63, 3.8) is 0 Å². The summed E-state index contributed by atoms with van der Waals surface area (Å²) in [6.45, 7) is 23.1. The molecule has 30 heavy (non-hydrogen) atoms. The largest absolute Gasteiger partial charge is 0.386 e. The van der Waals surface area contributed by atoms with Crippen molar-refractivity contribution in [3.8, 4) is 0 Å². The Morgan fingerprint density at radius 3 is 2.10 bits per heavy atom. The lowest BCUT2D eigenvalue weighted by atomic mass is 9.99. The molecule has 1 fully saturated rings. The average molecular weight is 416 g/mol. The van der Waals surface area contributed by atoms with Crippen molar-refractivity contribution in [3.05, 3.63) is 72.5 Å². The van der Waals surface area contributed by atoms with Gasteiger partial charge in [0, 0.05) is 11.9 Å².